The first-order chi connectivity index (χ1) is 11.8. The maximum Gasteiger partial charge on any atom is 0.263 e. The maximum absolute atomic E-state index is 11.9. The molecule has 2 N–H and O–H groups in total. The van der Waals surface area contributed by atoms with Gasteiger partial charge >= 0.3 is 0 Å². The van der Waals surface area contributed by atoms with Crippen molar-refractivity contribution in [1.82, 2.24) is 10.6 Å². The molecular formula is C19H25N3O2. The van der Waals surface area contributed by atoms with E-state index in [1.54, 1.807) is 0 Å². The average Bonchev–Trinajstić information content (AvgIpc) is 3.13. The van der Waals surface area contributed by atoms with Crippen molar-refractivity contribution >= 4 is 5.91 Å². The smallest absolute Gasteiger partial charge is 0.263 e. The third-order valence-electron chi connectivity index (χ3n) is 4.01. The van der Waals surface area contributed by atoms with E-state index in [0.717, 1.165) is 45.3 Å². The van der Waals surface area contributed by atoms with Gasteiger partial charge in [0.1, 0.15) is 11.6 Å². The van der Waals surface area contributed by atoms with E-state index in [-0.39, 0.29) is 17.6 Å². The van der Waals surface area contributed by atoms with Crippen LogP contribution in [0, 0.1) is 11.3 Å². The van der Waals surface area contributed by atoms with Gasteiger partial charge in [0.2, 0.25) is 0 Å². The van der Waals surface area contributed by atoms with Crippen LogP contribution in [-0.2, 0) is 16.0 Å². The van der Waals surface area contributed by atoms with Gasteiger partial charge in [-0.3, -0.25) is 4.79 Å². The first-order valence-electron chi connectivity index (χ1n) is 8.57. The molecule has 1 fully saturated rings. The molecule has 1 amide bonds. The molecule has 0 bridgehead atoms. The summed E-state index contributed by atoms with van der Waals surface area (Å²) in [6.07, 6.45) is 6.68. The second-order valence-corrected chi connectivity index (χ2v) is 5.91. The van der Waals surface area contributed by atoms with Gasteiger partial charge in [-0.15, -0.1) is 0 Å². The van der Waals surface area contributed by atoms with Gasteiger partial charge in [0.15, 0.2) is 0 Å². The minimum atomic E-state index is -0.343. The number of unbranched alkanes of at least 4 members (excludes halogenated alkanes) is 1. The van der Waals surface area contributed by atoms with Crippen LogP contribution in [0.2, 0.25) is 0 Å². The zero-order valence-corrected chi connectivity index (χ0v) is 14.0. The number of aryl methyl sites for hydroxylation is 1. The summed E-state index contributed by atoms with van der Waals surface area (Å²) in [5, 5.41) is 14.9. The zero-order chi connectivity index (χ0) is 17.0. The molecule has 1 aromatic carbocycles. The summed E-state index contributed by atoms with van der Waals surface area (Å²) >= 11 is 0. The number of amides is 1. The Morgan fingerprint density at radius 3 is 2.88 bits per heavy atom. The lowest BCUT2D eigenvalue weighted by molar-refractivity contribution is -0.117. The molecule has 128 valence electrons. The molecule has 5 nitrogen and oxygen atoms in total. The molecule has 1 unspecified atom stereocenters. The molecule has 1 heterocycles. The van der Waals surface area contributed by atoms with E-state index < -0.39 is 0 Å². The summed E-state index contributed by atoms with van der Waals surface area (Å²) in [5.41, 5.74) is 1.44. The molecule has 1 aliphatic heterocycles. The van der Waals surface area contributed by atoms with Crippen LogP contribution in [0.3, 0.4) is 0 Å². The summed E-state index contributed by atoms with van der Waals surface area (Å²) in [4.78, 5) is 11.9. The van der Waals surface area contributed by atoms with Gasteiger partial charge in [0.05, 0.1) is 6.10 Å². The molecule has 1 aliphatic rings. The van der Waals surface area contributed by atoms with Gasteiger partial charge in [0.25, 0.3) is 5.91 Å². The molecule has 0 saturated carbocycles. The molecule has 1 saturated heterocycles. The summed E-state index contributed by atoms with van der Waals surface area (Å²) in [6, 6.07) is 12.3. The Hall–Kier alpha value is -2.32. The summed E-state index contributed by atoms with van der Waals surface area (Å²) < 4.78 is 5.45. The summed E-state index contributed by atoms with van der Waals surface area (Å²) in [6.45, 7) is 1.97. The number of hydrogen-bond donors (Lipinski definition) is 2. The number of carbonyl (C=O) groups excluding carboxylic acids is 1. The number of carbonyl (C=O) groups is 1. The topological polar surface area (TPSA) is 74.2 Å². The van der Waals surface area contributed by atoms with Crippen molar-refractivity contribution < 1.29 is 9.53 Å². The van der Waals surface area contributed by atoms with Gasteiger partial charge in [-0.05, 0) is 37.7 Å². The fourth-order valence-electron chi connectivity index (χ4n) is 2.63. The van der Waals surface area contributed by atoms with E-state index in [9.17, 15) is 4.79 Å². The van der Waals surface area contributed by atoms with E-state index in [1.807, 2.05) is 24.3 Å². The Morgan fingerprint density at radius 1 is 1.33 bits per heavy atom. The molecule has 2 rings (SSSR count). The van der Waals surface area contributed by atoms with Gasteiger partial charge in [-0.2, -0.15) is 5.26 Å². The van der Waals surface area contributed by atoms with Crippen LogP contribution in [0.4, 0.5) is 0 Å². The van der Waals surface area contributed by atoms with Crippen LogP contribution < -0.4 is 10.6 Å². The number of nitriles is 1. The molecule has 1 atom stereocenters. The zero-order valence-electron chi connectivity index (χ0n) is 14.0. The highest BCUT2D eigenvalue weighted by Crippen LogP contribution is 2.10. The molecule has 0 aromatic heterocycles. The van der Waals surface area contributed by atoms with E-state index >= 15 is 0 Å². The first-order valence-corrected chi connectivity index (χ1v) is 8.57. The van der Waals surface area contributed by atoms with Crippen molar-refractivity contribution in [3.8, 4) is 6.07 Å². The van der Waals surface area contributed by atoms with Crippen LogP contribution >= 0.6 is 0 Å². The minimum Gasteiger partial charge on any atom is -0.390 e. The summed E-state index contributed by atoms with van der Waals surface area (Å²) in [5.74, 6) is -0.343. The predicted octanol–water partition coefficient (Wildman–Crippen LogP) is 2.30. The Labute approximate surface area is 143 Å². The fourth-order valence-corrected chi connectivity index (χ4v) is 2.63. The monoisotopic (exact) mass is 327 g/mol. The van der Waals surface area contributed by atoms with E-state index in [0.29, 0.717) is 6.54 Å². The van der Waals surface area contributed by atoms with Crippen molar-refractivity contribution in [3.63, 3.8) is 0 Å². The van der Waals surface area contributed by atoms with E-state index in [1.165, 1.54) is 11.8 Å². The number of ether oxygens (including phenoxy) is 1. The van der Waals surface area contributed by atoms with Gasteiger partial charge in [0, 0.05) is 25.9 Å². The molecule has 0 radical (unpaired) electrons. The molecule has 1 aromatic rings. The molecule has 24 heavy (non-hydrogen) atoms. The fraction of sp³-hybridized carbons (Fsp3) is 0.474. The SMILES string of the molecule is N#C/C(=C/NCCCCc1ccccc1)C(=O)NCC1CCCO1. The van der Waals surface area contributed by atoms with Gasteiger partial charge < -0.3 is 15.4 Å². The Bertz CT molecular complexity index is 572. The third-order valence-corrected chi connectivity index (χ3v) is 4.01. The lowest BCUT2D eigenvalue weighted by Crippen LogP contribution is -2.33. The van der Waals surface area contributed by atoms with Gasteiger partial charge in [-0.25, -0.2) is 0 Å². The lowest BCUT2D eigenvalue weighted by Gasteiger charge is -2.10. The number of rotatable bonds is 9. The minimum absolute atomic E-state index is 0.0832. The average molecular weight is 327 g/mol. The van der Waals surface area contributed by atoms with E-state index in [4.69, 9.17) is 10.00 Å². The number of nitrogens with zero attached hydrogens (tertiary/aromatic N) is 1. The van der Waals surface area contributed by atoms with Gasteiger partial charge in [-0.1, -0.05) is 30.3 Å². The first kappa shape index (κ1) is 18.0. The van der Waals surface area contributed by atoms with Crippen LogP contribution in [0.5, 0.6) is 0 Å². The third kappa shape index (κ3) is 6.43. The molecule has 0 aliphatic carbocycles. The largest absolute Gasteiger partial charge is 0.390 e. The Kier molecular flexibility index (Phi) is 7.85. The molecule has 0 spiro atoms. The van der Waals surface area contributed by atoms with Crippen molar-refractivity contribution in [2.45, 2.75) is 38.2 Å². The number of nitrogens with one attached hydrogen (secondary N) is 2. The highest BCUT2D eigenvalue weighted by molar-refractivity contribution is 5.97. The molecule has 5 heteroatoms. The highest BCUT2D eigenvalue weighted by atomic mass is 16.5. The summed E-state index contributed by atoms with van der Waals surface area (Å²) in [7, 11) is 0. The maximum atomic E-state index is 11.9. The Morgan fingerprint density at radius 2 is 2.17 bits per heavy atom. The second kappa shape index (κ2) is 10.5. The van der Waals surface area contributed by atoms with Crippen molar-refractivity contribution in [2.24, 2.45) is 0 Å². The van der Waals surface area contributed by atoms with Crippen molar-refractivity contribution in [3.05, 3.63) is 47.7 Å². The van der Waals surface area contributed by atoms with Crippen LogP contribution in [0.15, 0.2) is 42.1 Å². The number of hydrogen-bond acceptors (Lipinski definition) is 4. The van der Waals surface area contributed by atoms with Crippen LogP contribution in [-0.4, -0.2) is 31.7 Å². The van der Waals surface area contributed by atoms with Crippen molar-refractivity contribution in [1.29, 1.82) is 5.26 Å². The quantitative estimate of drug-likeness (QED) is 0.415. The second-order valence-electron chi connectivity index (χ2n) is 5.91. The van der Waals surface area contributed by atoms with E-state index in [2.05, 4.69) is 22.8 Å². The van der Waals surface area contributed by atoms with Crippen LogP contribution in [0.25, 0.3) is 0 Å². The lowest BCUT2D eigenvalue weighted by atomic mass is 10.1. The predicted molar refractivity (Wildman–Crippen MR) is 93.1 cm³/mol. The standard InChI is InChI=1S/C19H25N3O2/c20-13-17(19(23)22-15-18-10-6-12-24-18)14-21-11-5-4-9-16-7-2-1-3-8-16/h1-3,7-8,14,18,21H,4-6,9-12,15H2,(H,22,23)/b17-14-. The molecular weight excluding hydrogens is 302 g/mol. The highest BCUT2D eigenvalue weighted by Gasteiger charge is 2.17. The Balaban J connectivity index is 1.61. The van der Waals surface area contributed by atoms with Crippen molar-refractivity contribution in [2.75, 3.05) is 19.7 Å². The normalized spacial score (nSPS) is 17.3. The van der Waals surface area contributed by atoms with Crippen LogP contribution in [0.1, 0.15) is 31.2 Å². The number of benzene rings is 1.